The van der Waals surface area contributed by atoms with Gasteiger partial charge in [-0.3, -0.25) is 4.79 Å². The molecule has 1 amide bonds. The van der Waals surface area contributed by atoms with E-state index in [-0.39, 0.29) is 11.7 Å². The average molecular weight is 494 g/mol. The number of fused-ring (bicyclic) bond motifs is 2. The van der Waals surface area contributed by atoms with Gasteiger partial charge in [-0.25, -0.2) is 14.4 Å². The number of carbonyl (C=O) groups is 1. The molecule has 0 fully saturated rings. The lowest BCUT2D eigenvalue weighted by molar-refractivity contribution is -0.132. The third kappa shape index (κ3) is 4.65. The van der Waals surface area contributed by atoms with E-state index in [2.05, 4.69) is 21.7 Å². The zero-order valence-corrected chi connectivity index (χ0v) is 20.6. The first-order valence-electron chi connectivity index (χ1n) is 12.7. The van der Waals surface area contributed by atoms with Crippen molar-refractivity contribution in [2.45, 2.75) is 38.9 Å². The van der Waals surface area contributed by atoms with E-state index < -0.39 is 0 Å². The second-order valence-corrected chi connectivity index (χ2v) is 9.44. The second kappa shape index (κ2) is 10.0. The van der Waals surface area contributed by atoms with Gasteiger partial charge >= 0.3 is 0 Å². The Morgan fingerprint density at radius 2 is 1.68 bits per heavy atom. The molecular weight excluding hydrogens is 465 g/mol. The minimum Gasteiger partial charge on any atom is -0.335 e. The molecule has 0 saturated carbocycles. The first-order valence-corrected chi connectivity index (χ1v) is 12.7. The summed E-state index contributed by atoms with van der Waals surface area (Å²) in [5, 5.41) is 0. The minimum atomic E-state index is -0.282. The molecule has 7 heteroatoms. The number of para-hydroxylation sites is 2. The molecule has 37 heavy (non-hydrogen) atoms. The third-order valence-electron chi connectivity index (χ3n) is 7.14. The highest BCUT2D eigenvalue weighted by Crippen LogP contribution is 2.29. The molecule has 0 unspecified atom stereocenters. The number of aryl methyl sites for hydroxylation is 3. The zero-order chi connectivity index (χ0) is 25.2. The molecular formula is C30H28FN5O. The second-order valence-electron chi connectivity index (χ2n) is 9.44. The van der Waals surface area contributed by atoms with Gasteiger partial charge in [0.2, 0.25) is 5.91 Å². The molecule has 0 atom stereocenters. The lowest BCUT2D eigenvalue weighted by Gasteiger charge is -2.30. The van der Waals surface area contributed by atoms with Crippen molar-refractivity contribution >= 4 is 16.9 Å². The fraction of sp³-hybridized carbons (Fsp3) is 0.233. The highest BCUT2D eigenvalue weighted by Gasteiger charge is 2.27. The molecule has 0 aliphatic carbocycles. The Morgan fingerprint density at radius 3 is 2.54 bits per heavy atom. The fourth-order valence-corrected chi connectivity index (χ4v) is 5.17. The molecule has 0 spiro atoms. The summed E-state index contributed by atoms with van der Waals surface area (Å²) in [7, 11) is 0. The standard InChI is InChI=1S/C30H28FN5O/c31-24-11-5-4-10-23(24)30-33-26(15-14-22-8-2-1-3-9-22)28-20-34(18-19-36(28)30)29(37)16-17-35-21-32-25-12-6-7-13-27(25)35/h1-13,21H,14-20H2. The Kier molecular flexibility index (Phi) is 6.26. The summed E-state index contributed by atoms with van der Waals surface area (Å²) in [5.74, 6) is 0.468. The van der Waals surface area contributed by atoms with Gasteiger partial charge in [0.25, 0.3) is 0 Å². The molecule has 1 aliphatic rings. The number of hydrogen-bond acceptors (Lipinski definition) is 3. The van der Waals surface area contributed by atoms with Gasteiger partial charge in [0, 0.05) is 26.1 Å². The number of hydrogen-bond donors (Lipinski definition) is 0. The number of rotatable bonds is 7. The maximum Gasteiger partial charge on any atom is 0.224 e. The van der Waals surface area contributed by atoms with Crippen molar-refractivity contribution in [1.29, 1.82) is 0 Å². The van der Waals surface area contributed by atoms with Crippen LogP contribution in [0.2, 0.25) is 0 Å². The van der Waals surface area contributed by atoms with E-state index in [9.17, 15) is 9.18 Å². The van der Waals surface area contributed by atoms with Gasteiger partial charge in [0.05, 0.1) is 40.9 Å². The molecule has 0 saturated heterocycles. The quantitative estimate of drug-likeness (QED) is 0.311. The van der Waals surface area contributed by atoms with E-state index in [1.807, 2.05) is 58.0 Å². The number of aromatic nitrogens is 4. The smallest absolute Gasteiger partial charge is 0.224 e. The molecule has 0 radical (unpaired) electrons. The van der Waals surface area contributed by atoms with Gasteiger partial charge in [-0.1, -0.05) is 54.6 Å². The van der Waals surface area contributed by atoms with E-state index in [1.165, 1.54) is 11.6 Å². The van der Waals surface area contributed by atoms with Crippen molar-refractivity contribution in [3.63, 3.8) is 0 Å². The molecule has 5 aromatic rings. The predicted molar refractivity (Wildman–Crippen MR) is 141 cm³/mol. The normalized spacial score (nSPS) is 13.2. The van der Waals surface area contributed by atoms with Crippen molar-refractivity contribution in [1.82, 2.24) is 24.0 Å². The van der Waals surface area contributed by atoms with E-state index in [1.54, 1.807) is 18.5 Å². The van der Waals surface area contributed by atoms with E-state index in [4.69, 9.17) is 4.98 Å². The SMILES string of the molecule is O=C(CCn1cnc2ccccc21)N1CCn2c(-c3ccccc3F)nc(CCc3ccccc3)c2C1. The van der Waals surface area contributed by atoms with Crippen LogP contribution in [0.1, 0.15) is 23.4 Å². The zero-order valence-electron chi connectivity index (χ0n) is 20.6. The first-order chi connectivity index (χ1) is 18.2. The van der Waals surface area contributed by atoms with Crippen LogP contribution in [0.3, 0.4) is 0 Å². The molecule has 2 aromatic heterocycles. The molecule has 3 heterocycles. The summed E-state index contributed by atoms with van der Waals surface area (Å²) in [6.07, 6.45) is 3.76. The van der Waals surface area contributed by atoms with Crippen LogP contribution in [0.25, 0.3) is 22.4 Å². The van der Waals surface area contributed by atoms with Crippen LogP contribution in [0, 0.1) is 5.82 Å². The number of imidazole rings is 2. The molecule has 0 bridgehead atoms. The average Bonchev–Trinajstić information content (AvgIpc) is 3.52. The van der Waals surface area contributed by atoms with Gasteiger partial charge in [-0.05, 0) is 42.7 Å². The molecule has 0 N–H and O–H groups in total. The van der Waals surface area contributed by atoms with E-state index >= 15 is 0 Å². The molecule has 186 valence electrons. The number of halogens is 1. The minimum absolute atomic E-state index is 0.103. The summed E-state index contributed by atoms with van der Waals surface area (Å²) in [6, 6.07) is 25.0. The van der Waals surface area contributed by atoms with Crippen LogP contribution in [0.15, 0.2) is 85.2 Å². The van der Waals surface area contributed by atoms with Crippen molar-refractivity contribution in [2.75, 3.05) is 6.54 Å². The maximum absolute atomic E-state index is 14.7. The van der Waals surface area contributed by atoms with Crippen LogP contribution in [0.4, 0.5) is 4.39 Å². The molecule has 3 aromatic carbocycles. The molecule has 6 rings (SSSR count). The van der Waals surface area contributed by atoms with E-state index in [0.717, 1.165) is 35.3 Å². The summed E-state index contributed by atoms with van der Waals surface area (Å²) < 4.78 is 18.9. The summed E-state index contributed by atoms with van der Waals surface area (Å²) in [5.41, 5.74) is 5.63. The van der Waals surface area contributed by atoms with Gasteiger partial charge in [0.15, 0.2) is 0 Å². The fourth-order valence-electron chi connectivity index (χ4n) is 5.17. The van der Waals surface area contributed by atoms with Crippen LogP contribution < -0.4 is 0 Å². The molecule has 1 aliphatic heterocycles. The van der Waals surface area contributed by atoms with Gasteiger partial charge in [-0.15, -0.1) is 0 Å². The Hall–Kier alpha value is -4.26. The molecule has 6 nitrogen and oxygen atoms in total. The maximum atomic E-state index is 14.7. The lowest BCUT2D eigenvalue weighted by Crippen LogP contribution is -2.39. The van der Waals surface area contributed by atoms with Crippen LogP contribution in [-0.2, 0) is 37.3 Å². The monoisotopic (exact) mass is 493 g/mol. The number of nitrogens with zero attached hydrogens (tertiary/aromatic N) is 5. The Balaban J connectivity index is 1.24. The van der Waals surface area contributed by atoms with Crippen LogP contribution >= 0.6 is 0 Å². The van der Waals surface area contributed by atoms with Crippen molar-refractivity contribution in [2.24, 2.45) is 0 Å². The number of benzene rings is 3. The Morgan fingerprint density at radius 1 is 0.892 bits per heavy atom. The van der Waals surface area contributed by atoms with Gasteiger partial charge in [-0.2, -0.15) is 0 Å². The Labute approximate surface area is 215 Å². The van der Waals surface area contributed by atoms with Crippen LogP contribution in [0.5, 0.6) is 0 Å². The Bertz CT molecular complexity index is 1560. The topological polar surface area (TPSA) is 56.0 Å². The van der Waals surface area contributed by atoms with Crippen LogP contribution in [-0.4, -0.2) is 36.5 Å². The summed E-state index contributed by atoms with van der Waals surface area (Å²) in [4.78, 5) is 24.5. The number of amides is 1. The first kappa shape index (κ1) is 23.2. The summed E-state index contributed by atoms with van der Waals surface area (Å²) >= 11 is 0. The van der Waals surface area contributed by atoms with E-state index in [0.29, 0.717) is 44.0 Å². The van der Waals surface area contributed by atoms with Gasteiger partial charge in [0.1, 0.15) is 11.6 Å². The highest BCUT2D eigenvalue weighted by atomic mass is 19.1. The van der Waals surface area contributed by atoms with Crippen molar-refractivity contribution in [3.05, 3.63) is 108 Å². The van der Waals surface area contributed by atoms with Crippen molar-refractivity contribution < 1.29 is 9.18 Å². The largest absolute Gasteiger partial charge is 0.335 e. The predicted octanol–water partition coefficient (Wildman–Crippen LogP) is 5.26. The van der Waals surface area contributed by atoms with Crippen molar-refractivity contribution in [3.8, 4) is 11.4 Å². The third-order valence-corrected chi connectivity index (χ3v) is 7.14. The summed E-state index contributed by atoms with van der Waals surface area (Å²) in [6.45, 7) is 2.23. The lowest BCUT2D eigenvalue weighted by atomic mass is 10.1. The van der Waals surface area contributed by atoms with Gasteiger partial charge < -0.3 is 14.0 Å². The highest BCUT2D eigenvalue weighted by molar-refractivity contribution is 5.78. The number of carbonyl (C=O) groups excluding carboxylic acids is 1.